The van der Waals surface area contributed by atoms with Crippen LogP contribution < -0.4 is 16.0 Å². The number of rotatable bonds is 12. The Morgan fingerprint density at radius 3 is 1.77 bits per heavy atom. The van der Waals surface area contributed by atoms with Gasteiger partial charge in [-0.05, 0) is 29.5 Å². The van der Waals surface area contributed by atoms with Gasteiger partial charge in [-0.15, -0.1) is 24.8 Å². The summed E-state index contributed by atoms with van der Waals surface area (Å²) < 4.78 is 7.45. The molecule has 0 unspecified atom stereocenters. The number of piperazine rings is 2. The van der Waals surface area contributed by atoms with Gasteiger partial charge >= 0.3 is 6.09 Å². The molecule has 294 valence electrons. The summed E-state index contributed by atoms with van der Waals surface area (Å²) in [6, 6.07) is 38.2. The summed E-state index contributed by atoms with van der Waals surface area (Å²) in [6.07, 6.45) is 2.29. The number of benzene rings is 4. The van der Waals surface area contributed by atoms with Crippen LogP contribution in [0.25, 0.3) is 11.3 Å². The lowest BCUT2D eigenvalue weighted by Gasteiger charge is -2.38. The number of alkyl carbamates (subject to hydrolysis) is 1. The molecule has 4 aromatic carbocycles. The highest BCUT2D eigenvalue weighted by atomic mass is 35.5. The Morgan fingerprint density at radius 2 is 1.20 bits per heavy atom. The molecular weight excluding hydrogens is 749 g/mol. The smallest absolute Gasteiger partial charge is 0.408 e. The first-order chi connectivity index (χ1) is 26.5. The predicted molar refractivity (Wildman–Crippen MR) is 222 cm³/mol. The molecule has 0 aliphatic carbocycles. The minimum atomic E-state index is -1.01. The van der Waals surface area contributed by atoms with E-state index in [4.69, 9.17) is 9.72 Å². The van der Waals surface area contributed by atoms with Crippen molar-refractivity contribution in [3.8, 4) is 11.3 Å². The van der Waals surface area contributed by atoms with Crippen LogP contribution in [-0.2, 0) is 35.5 Å². The highest BCUT2D eigenvalue weighted by Crippen LogP contribution is 2.27. The van der Waals surface area contributed by atoms with Gasteiger partial charge in [0.25, 0.3) is 5.91 Å². The number of carbonyl (C=O) groups is 3. The molecule has 56 heavy (non-hydrogen) atoms. The van der Waals surface area contributed by atoms with Crippen molar-refractivity contribution < 1.29 is 19.1 Å². The van der Waals surface area contributed by atoms with Crippen LogP contribution in [0.15, 0.2) is 128 Å². The maximum atomic E-state index is 14.7. The summed E-state index contributed by atoms with van der Waals surface area (Å²) in [4.78, 5) is 51.2. The van der Waals surface area contributed by atoms with E-state index in [2.05, 4.69) is 40.2 Å². The summed E-state index contributed by atoms with van der Waals surface area (Å²) in [5.74, 6) is -0.391. The number of hydrogen-bond acceptors (Lipinski definition) is 7. The Bertz CT molecular complexity index is 1990. The van der Waals surface area contributed by atoms with E-state index in [-0.39, 0.29) is 61.9 Å². The molecule has 0 saturated carbocycles. The third kappa shape index (κ3) is 10.6. The van der Waals surface area contributed by atoms with Gasteiger partial charge in [-0.2, -0.15) is 0 Å². The summed E-state index contributed by atoms with van der Waals surface area (Å²) in [7, 11) is 0. The standard InChI is InChI=1S/C43H47N7O4.2ClH/c51-41(49-23-21-44-27-36(49)25-32-13-5-1-6-14-32)38(47-43(53)54-30-34-17-9-3-10-18-34)29-48-31-46-39(40(48)35-19-11-4-12-20-35)42(52)50-24-22-45-28-37(50)26-33-15-7-2-8-16-33;;/h1-20,31,36-38,44-45H,21-30H2,(H,47,53);2*1H/t36-,37-,38-;;/m1../s1. The second kappa shape index (κ2) is 20.6. The van der Waals surface area contributed by atoms with Crippen molar-refractivity contribution in [2.24, 2.45) is 0 Å². The zero-order valence-corrected chi connectivity index (χ0v) is 32.8. The SMILES string of the molecule is Cl.Cl.O=C(N[C@H](Cn1cnc(C(=O)N2CCNC[C@H]2Cc2ccccc2)c1-c1ccccc1)C(=O)N1CCNC[C@H]1Cc1ccccc1)OCc1ccccc1. The van der Waals surface area contributed by atoms with Crippen LogP contribution >= 0.6 is 24.8 Å². The zero-order valence-electron chi connectivity index (χ0n) is 31.2. The summed E-state index contributed by atoms with van der Waals surface area (Å²) in [5, 5.41) is 9.80. The number of halogens is 2. The fourth-order valence-corrected chi connectivity index (χ4v) is 7.42. The van der Waals surface area contributed by atoms with Crippen molar-refractivity contribution >= 4 is 42.7 Å². The van der Waals surface area contributed by atoms with E-state index in [0.717, 1.165) is 22.3 Å². The molecule has 5 aromatic rings. The average molecular weight is 799 g/mol. The highest BCUT2D eigenvalue weighted by molar-refractivity contribution is 5.98. The number of hydrogen-bond donors (Lipinski definition) is 3. The monoisotopic (exact) mass is 797 g/mol. The predicted octanol–water partition coefficient (Wildman–Crippen LogP) is 5.39. The topological polar surface area (TPSA) is 121 Å². The lowest BCUT2D eigenvalue weighted by atomic mass is 10.0. The maximum Gasteiger partial charge on any atom is 0.408 e. The van der Waals surface area contributed by atoms with Crippen molar-refractivity contribution in [2.75, 3.05) is 39.3 Å². The van der Waals surface area contributed by atoms with Crippen molar-refractivity contribution in [1.82, 2.24) is 35.3 Å². The molecule has 2 aliphatic heterocycles. The van der Waals surface area contributed by atoms with Crippen LogP contribution in [0, 0.1) is 0 Å². The van der Waals surface area contributed by atoms with Crippen molar-refractivity contribution in [3.63, 3.8) is 0 Å². The molecule has 3 atom stereocenters. The molecule has 2 aliphatic rings. The lowest BCUT2D eigenvalue weighted by Crippen LogP contribution is -2.60. The van der Waals surface area contributed by atoms with Gasteiger partial charge in [-0.25, -0.2) is 9.78 Å². The molecule has 3 amide bonds. The van der Waals surface area contributed by atoms with Crippen LogP contribution in [0.5, 0.6) is 0 Å². The molecular formula is C43H49Cl2N7O4. The first kappa shape index (κ1) is 42.0. The molecule has 13 heteroatoms. The minimum absolute atomic E-state index is 0. The quantitative estimate of drug-likeness (QED) is 0.155. The van der Waals surface area contributed by atoms with Crippen LogP contribution in [0.2, 0.25) is 0 Å². The lowest BCUT2D eigenvalue weighted by molar-refractivity contribution is -0.136. The van der Waals surface area contributed by atoms with E-state index in [1.165, 1.54) is 0 Å². The number of nitrogens with one attached hydrogen (secondary N) is 3. The van der Waals surface area contributed by atoms with E-state index < -0.39 is 12.1 Å². The molecule has 3 heterocycles. The van der Waals surface area contributed by atoms with Gasteiger partial charge in [0, 0.05) is 56.9 Å². The van der Waals surface area contributed by atoms with Crippen LogP contribution in [0.3, 0.4) is 0 Å². The molecule has 3 N–H and O–H groups in total. The molecule has 0 spiro atoms. The number of amides is 3. The molecule has 1 aromatic heterocycles. The summed E-state index contributed by atoms with van der Waals surface area (Å²) in [5.41, 5.74) is 4.80. The van der Waals surface area contributed by atoms with E-state index in [1.54, 1.807) is 6.33 Å². The van der Waals surface area contributed by atoms with Gasteiger partial charge in [0.1, 0.15) is 12.6 Å². The van der Waals surface area contributed by atoms with Gasteiger partial charge in [0.2, 0.25) is 5.91 Å². The fraction of sp³-hybridized carbons (Fsp3) is 0.302. The Balaban J connectivity index is 0.00000300. The molecule has 2 fully saturated rings. The van der Waals surface area contributed by atoms with E-state index in [1.807, 2.05) is 111 Å². The highest BCUT2D eigenvalue weighted by Gasteiger charge is 2.36. The van der Waals surface area contributed by atoms with Gasteiger partial charge in [0.05, 0.1) is 18.6 Å². The third-order valence-corrected chi connectivity index (χ3v) is 10.1. The Hall–Kier alpha value is -5.20. The molecule has 0 bridgehead atoms. The minimum Gasteiger partial charge on any atom is -0.445 e. The van der Waals surface area contributed by atoms with Crippen molar-refractivity contribution in [1.29, 1.82) is 0 Å². The van der Waals surface area contributed by atoms with Gasteiger partial charge in [-0.3, -0.25) is 9.59 Å². The van der Waals surface area contributed by atoms with Gasteiger partial charge in [0.15, 0.2) is 5.69 Å². The van der Waals surface area contributed by atoms with Crippen LogP contribution in [0.4, 0.5) is 4.79 Å². The molecule has 2 saturated heterocycles. The Morgan fingerprint density at radius 1 is 0.696 bits per heavy atom. The Labute approximate surface area is 340 Å². The third-order valence-electron chi connectivity index (χ3n) is 10.1. The molecule has 7 rings (SSSR count). The first-order valence-electron chi connectivity index (χ1n) is 18.7. The number of aromatic nitrogens is 2. The first-order valence-corrected chi connectivity index (χ1v) is 18.7. The number of imidazole rings is 1. The van der Waals surface area contributed by atoms with Crippen LogP contribution in [0.1, 0.15) is 27.2 Å². The zero-order chi connectivity index (χ0) is 37.1. The molecule has 11 nitrogen and oxygen atoms in total. The van der Waals surface area contributed by atoms with Crippen molar-refractivity contribution in [3.05, 3.63) is 150 Å². The van der Waals surface area contributed by atoms with Crippen LogP contribution in [-0.4, -0.2) is 94.7 Å². The number of carbonyl (C=O) groups excluding carboxylic acids is 3. The number of ether oxygens (including phenoxy) is 1. The second-order valence-corrected chi connectivity index (χ2v) is 13.8. The summed E-state index contributed by atoms with van der Waals surface area (Å²) >= 11 is 0. The van der Waals surface area contributed by atoms with E-state index in [9.17, 15) is 14.4 Å². The van der Waals surface area contributed by atoms with E-state index in [0.29, 0.717) is 63.5 Å². The largest absolute Gasteiger partial charge is 0.445 e. The van der Waals surface area contributed by atoms with Crippen molar-refractivity contribution in [2.45, 2.75) is 44.1 Å². The summed E-state index contributed by atoms with van der Waals surface area (Å²) in [6.45, 7) is 3.74. The Kier molecular flexibility index (Phi) is 15.5. The maximum absolute atomic E-state index is 14.7. The van der Waals surface area contributed by atoms with E-state index >= 15 is 0 Å². The fourth-order valence-electron chi connectivity index (χ4n) is 7.42. The van der Waals surface area contributed by atoms with Gasteiger partial charge < -0.3 is 35.1 Å². The number of nitrogens with zero attached hydrogens (tertiary/aromatic N) is 4. The average Bonchev–Trinajstić information content (AvgIpc) is 3.64. The molecule has 0 radical (unpaired) electrons. The van der Waals surface area contributed by atoms with Gasteiger partial charge in [-0.1, -0.05) is 121 Å². The second-order valence-electron chi connectivity index (χ2n) is 13.8. The normalized spacial score (nSPS) is 17.1.